The average Bonchev–Trinajstić information content (AvgIpc) is 3.44. The Balaban J connectivity index is 1.63. The number of nitrogens with zero attached hydrogens (tertiary/aromatic N) is 3. The molecule has 136 valence electrons. The summed E-state index contributed by atoms with van der Waals surface area (Å²) in [5, 5.41) is 0.720. The van der Waals surface area contributed by atoms with Gasteiger partial charge in [0.05, 0.1) is 0 Å². The summed E-state index contributed by atoms with van der Waals surface area (Å²) in [5.74, 6) is 0.0370. The van der Waals surface area contributed by atoms with Crippen molar-refractivity contribution in [3.8, 4) is 0 Å². The Bertz CT molecular complexity index is 648. The van der Waals surface area contributed by atoms with Crippen LogP contribution in [-0.2, 0) is 9.59 Å². The molecule has 1 saturated carbocycles. The molecule has 0 aromatic heterocycles. The van der Waals surface area contributed by atoms with Crippen LogP contribution in [0.4, 0.5) is 5.69 Å². The van der Waals surface area contributed by atoms with Gasteiger partial charge in [-0.05, 0) is 44.9 Å². The molecule has 0 unspecified atom stereocenters. The van der Waals surface area contributed by atoms with Crippen molar-refractivity contribution in [3.05, 3.63) is 29.3 Å². The highest BCUT2D eigenvalue weighted by molar-refractivity contribution is 6.30. The first-order valence-corrected chi connectivity index (χ1v) is 9.49. The van der Waals surface area contributed by atoms with E-state index >= 15 is 0 Å². The summed E-state index contributed by atoms with van der Waals surface area (Å²) in [5.41, 5.74) is 0.310. The molecule has 3 rings (SSSR count). The molecule has 2 aliphatic rings. The number of benzene rings is 1. The molecule has 25 heavy (non-hydrogen) atoms. The summed E-state index contributed by atoms with van der Waals surface area (Å²) in [7, 11) is 0. The van der Waals surface area contributed by atoms with Crippen LogP contribution in [0, 0.1) is 5.41 Å². The Labute approximate surface area is 154 Å². The minimum Gasteiger partial charge on any atom is -0.368 e. The van der Waals surface area contributed by atoms with Gasteiger partial charge in [0.2, 0.25) is 11.8 Å². The lowest BCUT2D eigenvalue weighted by Crippen LogP contribution is -2.53. The van der Waals surface area contributed by atoms with Crippen molar-refractivity contribution in [2.24, 2.45) is 5.41 Å². The van der Waals surface area contributed by atoms with E-state index in [2.05, 4.69) is 4.90 Å². The van der Waals surface area contributed by atoms with E-state index in [9.17, 15) is 9.59 Å². The minimum atomic E-state index is -0.774. The number of carbonyl (C=O) groups is 2. The number of carbonyl (C=O) groups excluding carboxylic acids is 2. The first kappa shape index (κ1) is 18.1. The van der Waals surface area contributed by atoms with Crippen molar-refractivity contribution in [1.29, 1.82) is 0 Å². The van der Waals surface area contributed by atoms with Crippen LogP contribution in [-0.4, -0.2) is 60.9 Å². The topological polar surface area (TPSA) is 43.9 Å². The minimum absolute atomic E-state index is 0.0137. The van der Waals surface area contributed by atoms with Crippen LogP contribution >= 0.6 is 11.6 Å². The molecule has 6 heteroatoms. The van der Waals surface area contributed by atoms with Crippen molar-refractivity contribution in [2.75, 3.05) is 44.2 Å². The number of halogens is 1. The van der Waals surface area contributed by atoms with Crippen molar-refractivity contribution < 1.29 is 9.59 Å². The van der Waals surface area contributed by atoms with E-state index < -0.39 is 5.41 Å². The molecule has 0 bridgehead atoms. The summed E-state index contributed by atoms with van der Waals surface area (Å²) < 4.78 is 0. The second-order valence-corrected chi connectivity index (χ2v) is 7.26. The van der Waals surface area contributed by atoms with Gasteiger partial charge in [-0.2, -0.15) is 0 Å². The van der Waals surface area contributed by atoms with Gasteiger partial charge in [-0.15, -0.1) is 0 Å². The normalized spacial score (nSPS) is 18.8. The highest BCUT2D eigenvalue weighted by atomic mass is 35.5. The molecule has 0 N–H and O–H groups in total. The van der Waals surface area contributed by atoms with E-state index in [4.69, 9.17) is 11.6 Å². The smallest absolute Gasteiger partial charge is 0.238 e. The fraction of sp³-hybridized carbons (Fsp3) is 0.579. The Kier molecular flexibility index (Phi) is 5.23. The van der Waals surface area contributed by atoms with E-state index in [0.29, 0.717) is 39.0 Å². The molecule has 1 heterocycles. The van der Waals surface area contributed by atoms with Gasteiger partial charge in [0.1, 0.15) is 5.41 Å². The van der Waals surface area contributed by atoms with Crippen LogP contribution in [0.15, 0.2) is 24.3 Å². The largest absolute Gasteiger partial charge is 0.368 e. The van der Waals surface area contributed by atoms with Crippen LogP contribution in [0.25, 0.3) is 0 Å². The zero-order valence-corrected chi connectivity index (χ0v) is 15.8. The van der Waals surface area contributed by atoms with Crippen LogP contribution in [0.2, 0.25) is 5.02 Å². The van der Waals surface area contributed by atoms with Crippen LogP contribution in [0.3, 0.4) is 0 Å². The number of hydrogen-bond acceptors (Lipinski definition) is 3. The molecule has 0 spiro atoms. The summed E-state index contributed by atoms with van der Waals surface area (Å²) in [6.07, 6.45) is 1.38. The molecular formula is C19H26ClN3O2. The fourth-order valence-corrected chi connectivity index (χ4v) is 3.79. The molecule has 5 nitrogen and oxygen atoms in total. The quantitative estimate of drug-likeness (QED) is 0.755. The third-order valence-corrected chi connectivity index (χ3v) is 5.59. The lowest BCUT2D eigenvalue weighted by molar-refractivity contribution is -0.149. The number of amides is 2. The predicted molar refractivity (Wildman–Crippen MR) is 99.8 cm³/mol. The molecule has 1 aromatic rings. The zero-order chi connectivity index (χ0) is 18.0. The monoisotopic (exact) mass is 363 g/mol. The van der Waals surface area contributed by atoms with E-state index in [1.54, 1.807) is 4.90 Å². The molecule has 1 aromatic carbocycles. The predicted octanol–water partition coefficient (Wildman–Crippen LogP) is 2.64. The first-order chi connectivity index (χ1) is 12.0. The van der Waals surface area contributed by atoms with Crippen LogP contribution < -0.4 is 4.90 Å². The third kappa shape index (κ3) is 3.47. The fourth-order valence-electron chi connectivity index (χ4n) is 3.60. The van der Waals surface area contributed by atoms with Crippen molar-refractivity contribution in [2.45, 2.75) is 26.7 Å². The van der Waals surface area contributed by atoms with E-state index in [1.165, 1.54) is 0 Å². The summed E-state index contributed by atoms with van der Waals surface area (Å²) in [6.45, 7) is 8.08. The van der Waals surface area contributed by atoms with Crippen molar-refractivity contribution in [3.63, 3.8) is 0 Å². The SMILES string of the molecule is CCN(CC)C(=O)C1(C(=O)N2CCN(c3cccc(Cl)c3)CC2)CC1. The molecule has 0 radical (unpaired) electrons. The third-order valence-electron chi connectivity index (χ3n) is 5.36. The van der Waals surface area contributed by atoms with Crippen molar-refractivity contribution >= 4 is 29.1 Å². The summed E-state index contributed by atoms with van der Waals surface area (Å²) in [6, 6.07) is 7.79. The van der Waals surface area contributed by atoms with Gasteiger partial charge in [-0.25, -0.2) is 0 Å². The van der Waals surface area contributed by atoms with Gasteiger partial charge in [0.15, 0.2) is 0 Å². The Morgan fingerprint density at radius 1 is 1.12 bits per heavy atom. The Hall–Kier alpha value is -1.75. The lowest BCUT2D eigenvalue weighted by atomic mass is 10.0. The average molecular weight is 364 g/mol. The maximum Gasteiger partial charge on any atom is 0.238 e. The second-order valence-electron chi connectivity index (χ2n) is 6.82. The molecule has 1 aliphatic heterocycles. The van der Waals surface area contributed by atoms with E-state index in [1.807, 2.05) is 43.0 Å². The number of hydrogen-bond donors (Lipinski definition) is 0. The van der Waals surface area contributed by atoms with Gasteiger partial charge in [-0.3, -0.25) is 9.59 Å². The molecule has 2 amide bonds. The van der Waals surface area contributed by atoms with Gasteiger partial charge in [0, 0.05) is 50.0 Å². The van der Waals surface area contributed by atoms with E-state index in [-0.39, 0.29) is 11.8 Å². The molecule has 0 atom stereocenters. The highest BCUT2D eigenvalue weighted by Crippen LogP contribution is 2.49. The maximum absolute atomic E-state index is 13.0. The lowest BCUT2D eigenvalue weighted by Gasteiger charge is -2.38. The van der Waals surface area contributed by atoms with E-state index in [0.717, 1.165) is 23.8 Å². The molecular weight excluding hydrogens is 338 g/mol. The highest BCUT2D eigenvalue weighted by Gasteiger charge is 2.59. The van der Waals surface area contributed by atoms with Crippen LogP contribution in [0.1, 0.15) is 26.7 Å². The van der Waals surface area contributed by atoms with Gasteiger partial charge in [-0.1, -0.05) is 17.7 Å². The number of piperazine rings is 1. The second kappa shape index (κ2) is 7.24. The van der Waals surface area contributed by atoms with Gasteiger partial charge < -0.3 is 14.7 Å². The first-order valence-electron chi connectivity index (χ1n) is 9.11. The summed E-state index contributed by atoms with van der Waals surface area (Å²) in [4.78, 5) is 31.6. The zero-order valence-electron chi connectivity index (χ0n) is 15.0. The summed E-state index contributed by atoms with van der Waals surface area (Å²) >= 11 is 6.07. The molecule has 1 aliphatic carbocycles. The standard InChI is InChI=1S/C19H26ClN3O2/c1-3-21(4-2)17(24)19(8-9-19)18(25)23-12-10-22(11-13-23)16-7-5-6-15(20)14-16/h5-7,14H,3-4,8-13H2,1-2H3. The van der Waals surface area contributed by atoms with Crippen LogP contribution in [0.5, 0.6) is 0 Å². The Morgan fingerprint density at radius 3 is 2.28 bits per heavy atom. The Morgan fingerprint density at radius 2 is 1.76 bits per heavy atom. The van der Waals surface area contributed by atoms with Gasteiger partial charge >= 0.3 is 0 Å². The molecule has 1 saturated heterocycles. The van der Waals surface area contributed by atoms with Gasteiger partial charge in [0.25, 0.3) is 0 Å². The van der Waals surface area contributed by atoms with Crippen molar-refractivity contribution in [1.82, 2.24) is 9.80 Å². The maximum atomic E-state index is 13.0. The number of anilines is 1. The number of rotatable bonds is 5. The molecule has 2 fully saturated rings.